The molecule has 3 amide bonds. The highest BCUT2D eigenvalue weighted by atomic mass is 32.1. The topological polar surface area (TPSA) is 92.2 Å². The summed E-state index contributed by atoms with van der Waals surface area (Å²) in [5.41, 5.74) is 4.98. The van der Waals surface area contributed by atoms with Crippen LogP contribution in [0.1, 0.15) is 28.2 Å². The minimum Gasteiger partial charge on any atom is -0.352 e. The fraction of sp³-hybridized carbons (Fsp3) is 0.333. The number of anilines is 1. The van der Waals surface area contributed by atoms with Crippen LogP contribution in [-0.2, 0) is 24.3 Å². The summed E-state index contributed by atoms with van der Waals surface area (Å²) in [7, 11) is 0. The van der Waals surface area contributed by atoms with Gasteiger partial charge in [-0.3, -0.25) is 14.4 Å². The minimum atomic E-state index is -0.138. The number of rotatable bonds is 7. The molecule has 0 atom stereocenters. The minimum absolute atomic E-state index is 0.0957. The van der Waals surface area contributed by atoms with Crippen molar-refractivity contribution in [1.82, 2.24) is 25.4 Å². The van der Waals surface area contributed by atoms with Crippen molar-refractivity contribution in [2.45, 2.75) is 33.4 Å². The Morgan fingerprint density at radius 1 is 1.27 bits per heavy atom. The van der Waals surface area contributed by atoms with Gasteiger partial charge in [0.05, 0.1) is 24.4 Å². The van der Waals surface area contributed by atoms with E-state index in [0.29, 0.717) is 37.0 Å². The van der Waals surface area contributed by atoms with Gasteiger partial charge in [-0.15, -0.1) is 11.3 Å². The first kappa shape index (κ1) is 20.1. The van der Waals surface area contributed by atoms with Gasteiger partial charge in [0.2, 0.25) is 5.91 Å². The van der Waals surface area contributed by atoms with Gasteiger partial charge >= 0.3 is 6.03 Å². The predicted molar refractivity (Wildman–Crippen MR) is 116 cm³/mol. The van der Waals surface area contributed by atoms with Crippen molar-refractivity contribution < 1.29 is 9.59 Å². The SMILES string of the molecule is Cc1cc(C)n(Cc2cccc(CNC(=O)Cc3csc(N4CCNC4=O)n3)c2)n1. The first-order valence-corrected chi connectivity index (χ1v) is 10.7. The summed E-state index contributed by atoms with van der Waals surface area (Å²) >= 11 is 1.38. The van der Waals surface area contributed by atoms with Crippen molar-refractivity contribution in [3.05, 3.63) is 63.9 Å². The molecular weight excluding hydrogens is 400 g/mol. The lowest BCUT2D eigenvalue weighted by Crippen LogP contribution is -2.27. The average Bonchev–Trinajstić information content (AvgIpc) is 3.41. The fourth-order valence-corrected chi connectivity index (χ4v) is 4.28. The van der Waals surface area contributed by atoms with Crippen LogP contribution in [0.25, 0.3) is 0 Å². The van der Waals surface area contributed by atoms with Crippen LogP contribution < -0.4 is 15.5 Å². The van der Waals surface area contributed by atoms with Crippen molar-refractivity contribution in [3.8, 4) is 0 Å². The number of benzene rings is 1. The van der Waals surface area contributed by atoms with Gasteiger partial charge in [0, 0.05) is 30.7 Å². The Morgan fingerprint density at radius 3 is 2.83 bits per heavy atom. The molecule has 4 rings (SSSR count). The molecule has 2 aromatic heterocycles. The van der Waals surface area contributed by atoms with E-state index in [1.165, 1.54) is 11.3 Å². The Hall–Kier alpha value is -3.20. The Morgan fingerprint density at radius 2 is 2.10 bits per heavy atom. The van der Waals surface area contributed by atoms with Crippen LogP contribution in [-0.4, -0.2) is 39.8 Å². The third-order valence-electron chi connectivity index (χ3n) is 4.89. The molecule has 0 unspecified atom stereocenters. The van der Waals surface area contributed by atoms with Crippen LogP contribution in [0.3, 0.4) is 0 Å². The molecule has 2 N–H and O–H groups in total. The Kier molecular flexibility index (Phi) is 5.80. The molecule has 0 saturated carbocycles. The van der Waals surface area contributed by atoms with Gasteiger partial charge in [-0.05, 0) is 31.0 Å². The maximum absolute atomic E-state index is 12.4. The summed E-state index contributed by atoms with van der Waals surface area (Å²) in [6.45, 7) is 6.41. The second kappa shape index (κ2) is 8.66. The van der Waals surface area contributed by atoms with E-state index in [0.717, 1.165) is 22.5 Å². The summed E-state index contributed by atoms with van der Waals surface area (Å²) in [4.78, 5) is 30.1. The Labute approximate surface area is 178 Å². The molecule has 0 bridgehead atoms. The van der Waals surface area contributed by atoms with E-state index in [2.05, 4.69) is 38.9 Å². The van der Waals surface area contributed by atoms with Crippen LogP contribution in [0.4, 0.5) is 9.93 Å². The molecule has 1 saturated heterocycles. The van der Waals surface area contributed by atoms with Crippen LogP contribution in [0.2, 0.25) is 0 Å². The van der Waals surface area contributed by atoms with Crippen molar-refractivity contribution >= 4 is 28.4 Å². The van der Waals surface area contributed by atoms with Crippen molar-refractivity contribution in [2.24, 2.45) is 0 Å². The van der Waals surface area contributed by atoms with Crippen LogP contribution in [0.15, 0.2) is 35.7 Å². The number of nitrogens with one attached hydrogen (secondary N) is 2. The molecule has 1 aliphatic rings. The second-order valence-corrected chi connectivity index (χ2v) is 8.20. The molecule has 3 heterocycles. The average molecular weight is 425 g/mol. The smallest absolute Gasteiger partial charge is 0.323 e. The number of thiazole rings is 1. The number of hydrogen-bond acceptors (Lipinski definition) is 5. The molecule has 1 fully saturated rings. The van der Waals surface area contributed by atoms with Gasteiger partial charge in [0.1, 0.15) is 0 Å². The van der Waals surface area contributed by atoms with E-state index in [1.54, 1.807) is 4.90 Å². The highest BCUT2D eigenvalue weighted by Gasteiger charge is 2.24. The fourth-order valence-electron chi connectivity index (χ4n) is 3.43. The number of nitrogens with zero attached hydrogens (tertiary/aromatic N) is 4. The van der Waals surface area contributed by atoms with Crippen molar-refractivity contribution in [3.63, 3.8) is 0 Å². The number of carbonyl (C=O) groups is 2. The standard InChI is InChI=1S/C21H24N6O2S/c1-14-8-15(2)27(25-14)12-17-5-3-4-16(9-17)11-23-19(28)10-18-13-30-21(24-18)26-7-6-22-20(26)29/h3-5,8-9,13H,6-7,10-12H2,1-2H3,(H,22,29)(H,23,28). The Bertz CT molecular complexity index is 1070. The first-order chi connectivity index (χ1) is 14.5. The van der Waals surface area contributed by atoms with Gasteiger partial charge < -0.3 is 10.6 Å². The summed E-state index contributed by atoms with van der Waals surface area (Å²) in [6.07, 6.45) is 0.192. The largest absolute Gasteiger partial charge is 0.352 e. The van der Waals surface area contributed by atoms with E-state index >= 15 is 0 Å². The van der Waals surface area contributed by atoms with Crippen LogP contribution in [0.5, 0.6) is 0 Å². The van der Waals surface area contributed by atoms with E-state index in [1.807, 2.05) is 36.0 Å². The van der Waals surface area contributed by atoms with Gasteiger partial charge in [0.25, 0.3) is 0 Å². The number of aryl methyl sites for hydroxylation is 2. The number of urea groups is 1. The zero-order chi connectivity index (χ0) is 21.1. The van der Waals surface area contributed by atoms with E-state index in [9.17, 15) is 9.59 Å². The highest BCUT2D eigenvalue weighted by Crippen LogP contribution is 2.22. The molecule has 30 heavy (non-hydrogen) atoms. The molecule has 1 aliphatic heterocycles. The third kappa shape index (κ3) is 4.68. The molecule has 8 nitrogen and oxygen atoms in total. The molecular formula is C21H24N6O2S. The molecule has 156 valence electrons. The lowest BCUT2D eigenvalue weighted by atomic mass is 10.1. The number of aromatic nitrogens is 3. The van der Waals surface area contributed by atoms with Gasteiger partial charge in [-0.2, -0.15) is 5.10 Å². The summed E-state index contributed by atoms with van der Waals surface area (Å²) in [5.74, 6) is -0.0957. The monoisotopic (exact) mass is 424 g/mol. The maximum Gasteiger partial charge on any atom is 0.323 e. The van der Waals surface area contributed by atoms with Gasteiger partial charge in [-0.1, -0.05) is 24.3 Å². The number of hydrogen-bond donors (Lipinski definition) is 2. The second-order valence-electron chi connectivity index (χ2n) is 7.36. The summed E-state index contributed by atoms with van der Waals surface area (Å²) < 4.78 is 1.98. The Balaban J connectivity index is 1.31. The van der Waals surface area contributed by atoms with Crippen molar-refractivity contribution in [2.75, 3.05) is 18.0 Å². The molecule has 1 aromatic carbocycles. The molecule has 0 spiro atoms. The van der Waals surface area contributed by atoms with Crippen molar-refractivity contribution in [1.29, 1.82) is 0 Å². The number of amides is 3. The van der Waals surface area contributed by atoms with E-state index < -0.39 is 0 Å². The quantitative estimate of drug-likeness (QED) is 0.609. The lowest BCUT2D eigenvalue weighted by Gasteiger charge is -2.09. The van der Waals surface area contributed by atoms with Gasteiger partial charge in [-0.25, -0.2) is 9.78 Å². The molecule has 0 radical (unpaired) electrons. The summed E-state index contributed by atoms with van der Waals surface area (Å²) in [6, 6.07) is 10.1. The van der Waals surface area contributed by atoms with Gasteiger partial charge in [0.15, 0.2) is 5.13 Å². The highest BCUT2D eigenvalue weighted by molar-refractivity contribution is 7.14. The van der Waals surface area contributed by atoms with E-state index in [-0.39, 0.29) is 18.4 Å². The van der Waals surface area contributed by atoms with Crippen LogP contribution >= 0.6 is 11.3 Å². The van der Waals surface area contributed by atoms with Crippen LogP contribution in [0, 0.1) is 13.8 Å². The molecule has 9 heteroatoms. The normalized spacial score (nSPS) is 13.5. The molecule has 0 aliphatic carbocycles. The number of carbonyl (C=O) groups excluding carboxylic acids is 2. The predicted octanol–water partition coefficient (Wildman–Crippen LogP) is 2.39. The molecule has 3 aromatic rings. The first-order valence-electron chi connectivity index (χ1n) is 9.83. The third-order valence-corrected chi connectivity index (χ3v) is 5.80. The van der Waals surface area contributed by atoms with E-state index in [4.69, 9.17) is 0 Å². The zero-order valence-corrected chi connectivity index (χ0v) is 17.8. The summed E-state index contributed by atoms with van der Waals surface area (Å²) in [5, 5.41) is 12.7. The lowest BCUT2D eigenvalue weighted by molar-refractivity contribution is -0.120. The zero-order valence-electron chi connectivity index (χ0n) is 17.0. The maximum atomic E-state index is 12.4.